The van der Waals surface area contributed by atoms with Gasteiger partial charge in [0.25, 0.3) is 0 Å². The largest absolute Gasteiger partial charge is 0.416 e. The molecular weight excluding hydrogens is 422 g/mol. The molecule has 0 amide bonds. The smallest absolute Gasteiger partial charge is 0.383 e. The van der Waals surface area contributed by atoms with E-state index in [1.54, 1.807) is 12.1 Å². The van der Waals surface area contributed by atoms with Gasteiger partial charge in [-0.25, -0.2) is 14.4 Å². The van der Waals surface area contributed by atoms with E-state index < -0.39 is 17.6 Å². The van der Waals surface area contributed by atoms with Crippen molar-refractivity contribution in [2.45, 2.75) is 18.5 Å². The van der Waals surface area contributed by atoms with Gasteiger partial charge in [-0.05, 0) is 60.8 Å². The van der Waals surface area contributed by atoms with Crippen LogP contribution in [-0.4, -0.2) is 27.6 Å². The number of fused-ring (bicyclic) bond motifs is 1. The number of aromatic nitrogens is 3. The lowest BCUT2D eigenvalue weighted by molar-refractivity contribution is -0.137. The zero-order valence-electron chi connectivity index (χ0n) is 16.8. The van der Waals surface area contributed by atoms with Gasteiger partial charge in [0.1, 0.15) is 17.2 Å². The van der Waals surface area contributed by atoms with Crippen LogP contribution in [0.5, 0.6) is 0 Å². The fourth-order valence-electron chi connectivity index (χ4n) is 4.18. The van der Waals surface area contributed by atoms with Gasteiger partial charge in [0, 0.05) is 18.4 Å². The summed E-state index contributed by atoms with van der Waals surface area (Å²) in [6, 6.07) is 12.2. The van der Waals surface area contributed by atoms with Crippen molar-refractivity contribution in [3.8, 4) is 17.1 Å². The summed E-state index contributed by atoms with van der Waals surface area (Å²) in [5.74, 6) is -0.300. The van der Waals surface area contributed by atoms with E-state index in [2.05, 4.69) is 15.3 Å². The van der Waals surface area contributed by atoms with Gasteiger partial charge in [-0.3, -0.25) is 4.57 Å². The molecular formula is C23H19F4N5. The van der Waals surface area contributed by atoms with E-state index >= 15 is 0 Å². The fraction of sp³-hybridized carbons (Fsp3) is 0.217. The maximum absolute atomic E-state index is 14.7. The number of benzene rings is 2. The van der Waals surface area contributed by atoms with Crippen molar-refractivity contribution in [2.24, 2.45) is 0 Å². The zero-order chi connectivity index (χ0) is 22.5. The van der Waals surface area contributed by atoms with Crippen LogP contribution in [0.4, 0.5) is 23.4 Å². The number of pyridine rings is 1. The number of alkyl halides is 3. The van der Waals surface area contributed by atoms with Crippen LogP contribution in [-0.2, 0) is 6.18 Å². The Labute approximate surface area is 180 Å². The van der Waals surface area contributed by atoms with Gasteiger partial charge < -0.3 is 11.1 Å². The number of hydrogen-bond donors (Lipinski definition) is 2. The number of imidazole rings is 1. The molecule has 5 rings (SSSR count). The van der Waals surface area contributed by atoms with Crippen molar-refractivity contribution in [3.63, 3.8) is 0 Å². The standard InChI is InChI=1S/C23H19F4N5/c24-18-10-15(23(25,26)27)11-19-20(18)31-22(17-2-1-8-30-21(17)28)32(19)16-5-3-13(4-6-16)14-7-9-29-12-14/h1-6,8,10-11,14,29H,7,9,12H2,(H2,28,30). The first kappa shape index (κ1) is 20.4. The molecule has 5 nitrogen and oxygen atoms in total. The molecule has 0 spiro atoms. The van der Waals surface area contributed by atoms with Crippen molar-refractivity contribution >= 4 is 16.9 Å². The van der Waals surface area contributed by atoms with E-state index in [4.69, 9.17) is 5.73 Å². The van der Waals surface area contributed by atoms with Crippen LogP contribution < -0.4 is 11.1 Å². The number of nitrogens with two attached hydrogens (primary N) is 1. The minimum absolute atomic E-state index is 0.00543. The van der Waals surface area contributed by atoms with Gasteiger partial charge in [0.05, 0.1) is 16.6 Å². The molecule has 1 unspecified atom stereocenters. The summed E-state index contributed by atoms with van der Waals surface area (Å²) in [7, 11) is 0. The highest BCUT2D eigenvalue weighted by molar-refractivity contribution is 5.86. The van der Waals surface area contributed by atoms with Gasteiger partial charge in [-0.2, -0.15) is 13.2 Å². The lowest BCUT2D eigenvalue weighted by atomic mass is 9.98. The third-order valence-electron chi connectivity index (χ3n) is 5.80. The quantitative estimate of drug-likeness (QED) is 0.444. The van der Waals surface area contributed by atoms with Crippen molar-refractivity contribution in [1.29, 1.82) is 0 Å². The maximum Gasteiger partial charge on any atom is 0.416 e. The zero-order valence-corrected chi connectivity index (χ0v) is 16.8. The molecule has 1 aliphatic rings. The summed E-state index contributed by atoms with van der Waals surface area (Å²) in [5, 5.41) is 3.32. The summed E-state index contributed by atoms with van der Waals surface area (Å²) in [6.45, 7) is 1.83. The molecule has 32 heavy (non-hydrogen) atoms. The molecule has 0 bridgehead atoms. The topological polar surface area (TPSA) is 68.8 Å². The first-order valence-corrected chi connectivity index (χ1v) is 10.1. The summed E-state index contributed by atoms with van der Waals surface area (Å²) >= 11 is 0. The molecule has 1 aliphatic heterocycles. The van der Waals surface area contributed by atoms with E-state index in [0.29, 0.717) is 23.2 Å². The number of nitrogen functional groups attached to an aromatic ring is 1. The number of halogens is 4. The number of rotatable bonds is 3. The highest BCUT2D eigenvalue weighted by Gasteiger charge is 2.33. The van der Waals surface area contributed by atoms with Gasteiger partial charge in [-0.1, -0.05) is 12.1 Å². The second-order valence-corrected chi connectivity index (χ2v) is 7.81. The van der Waals surface area contributed by atoms with Gasteiger partial charge in [0.15, 0.2) is 5.82 Å². The number of anilines is 1. The Balaban J connectivity index is 1.75. The molecule has 0 radical (unpaired) electrons. The van der Waals surface area contributed by atoms with E-state index in [1.165, 1.54) is 10.8 Å². The van der Waals surface area contributed by atoms with Crippen LogP contribution in [0, 0.1) is 5.82 Å². The van der Waals surface area contributed by atoms with Crippen molar-refractivity contribution in [3.05, 3.63) is 71.7 Å². The van der Waals surface area contributed by atoms with E-state index in [0.717, 1.165) is 31.1 Å². The van der Waals surface area contributed by atoms with Crippen LogP contribution >= 0.6 is 0 Å². The maximum atomic E-state index is 14.7. The van der Waals surface area contributed by atoms with Crippen LogP contribution in [0.25, 0.3) is 28.1 Å². The van der Waals surface area contributed by atoms with Crippen molar-refractivity contribution in [1.82, 2.24) is 19.9 Å². The minimum atomic E-state index is -4.70. The van der Waals surface area contributed by atoms with E-state index in [9.17, 15) is 17.6 Å². The van der Waals surface area contributed by atoms with Gasteiger partial charge in [0.2, 0.25) is 0 Å². The minimum Gasteiger partial charge on any atom is -0.383 e. The first-order valence-electron chi connectivity index (χ1n) is 10.1. The number of hydrogen-bond acceptors (Lipinski definition) is 4. The third-order valence-corrected chi connectivity index (χ3v) is 5.80. The van der Waals surface area contributed by atoms with Gasteiger partial charge in [-0.15, -0.1) is 0 Å². The number of nitrogens with zero attached hydrogens (tertiary/aromatic N) is 3. The molecule has 4 aromatic rings. The normalized spacial score (nSPS) is 16.7. The highest BCUT2D eigenvalue weighted by atomic mass is 19.4. The van der Waals surface area contributed by atoms with Crippen LogP contribution in [0.2, 0.25) is 0 Å². The summed E-state index contributed by atoms with van der Waals surface area (Å²) in [4.78, 5) is 8.38. The molecule has 3 heterocycles. The Hall–Kier alpha value is -3.46. The molecule has 1 saturated heterocycles. The lowest BCUT2D eigenvalue weighted by Crippen LogP contribution is -2.08. The molecule has 1 atom stereocenters. The molecule has 0 saturated carbocycles. The van der Waals surface area contributed by atoms with Gasteiger partial charge >= 0.3 is 6.18 Å². The molecule has 0 aliphatic carbocycles. The molecule has 1 fully saturated rings. The molecule has 2 aromatic carbocycles. The Bertz CT molecular complexity index is 1290. The summed E-state index contributed by atoms with van der Waals surface area (Å²) in [6.07, 6.45) is -2.18. The predicted octanol–water partition coefficient (Wildman–Crippen LogP) is 4.90. The second kappa shape index (κ2) is 7.59. The first-order chi connectivity index (χ1) is 15.3. The third kappa shape index (κ3) is 3.48. The Morgan fingerprint density at radius 1 is 1.09 bits per heavy atom. The molecule has 164 valence electrons. The predicted molar refractivity (Wildman–Crippen MR) is 114 cm³/mol. The molecule has 9 heteroatoms. The molecule has 3 N–H and O–H groups in total. The monoisotopic (exact) mass is 441 g/mol. The Kier molecular flexibility index (Phi) is 4.85. The van der Waals surface area contributed by atoms with Crippen LogP contribution in [0.15, 0.2) is 54.7 Å². The second-order valence-electron chi connectivity index (χ2n) is 7.81. The summed E-state index contributed by atoms with van der Waals surface area (Å²) < 4.78 is 56.5. The van der Waals surface area contributed by atoms with Crippen molar-refractivity contribution in [2.75, 3.05) is 18.8 Å². The van der Waals surface area contributed by atoms with Crippen molar-refractivity contribution < 1.29 is 17.6 Å². The van der Waals surface area contributed by atoms with Crippen LogP contribution in [0.3, 0.4) is 0 Å². The Morgan fingerprint density at radius 3 is 2.53 bits per heavy atom. The van der Waals surface area contributed by atoms with E-state index in [1.807, 2.05) is 24.3 Å². The summed E-state index contributed by atoms with van der Waals surface area (Å²) in [5.41, 5.74) is 6.87. The number of nitrogens with one attached hydrogen (secondary N) is 1. The molecule has 2 aromatic heterocycles. The SMILES string of the molecule is Nc1ncccc1-c1nc2c(F)cc(C(F)(F)F)cc2n1-c1ccc(C2CCNC2)cc1. The fourth-order valence-corrected chi connectivity index (χ4v) is 4.18. The average molecular weight is 441 g/mol. The lowest BCUT2D eigenvalue weighted by Gasteiger charge is -2.14. The average Bonchev–Trinajstić information content (AvgIpc) is 3.42. The van der Waals surface area contributed by atoms with E-state index in [-0.39, 0.29) is 22.7 Å². The highest BCUT2D eigenvalue weighted by Crippen LogP contribution is 2.37. The Morgan fingerprint density at radius 2 is 1.88 bits per heavy atom. The van der Waals surface area contributed by atoms with Crippen LogP contribution in [0.1, 0.15) is 23.5 Å².